The van der Waals surface area contributed by atoms with Gasteiger partial charge < -0.3 is 5.73 Å². The molecule has 15 heavy (non-hydrogen) atoms. The average molecular weight is 207 g/mol. The lowest BCUT2D eigenvalue weighted by molar-refractivity contribution is 0.358. The summed E-state index contributed by atoms with van der Waals surface area (Å²) in [6.45, 7) is 5.99. The summed E-state index contributed by atoms with van der Waals surface area (Å²) in [7, 11) is 0. The number of fused-ring (bicyclic) bond motifs is 1. The Labute approximate surface area is 86.1 Å². The fourth-order valence-corrected chi connectivity index (χ4v) is 1.29. The summed E-state index contributed by atoms with van der Waals surface area (Å²) in [6, 6.07) is 0. The Kier molecular flexibility index (Phi) is 1.82. The van der Waals surface area contributed by atoms with Crippen molar-refractivity contribution >= 4 is 17.0 Å². The van der Waals surface area contributed by atoms with Crippen LogP contribution in [0.3, 0.4) is 0 Å². The van der Waals surface area contributed by atoms with Crippen molar-refractivity contribution in [3.8, 4) is 0 Å². The van der Waals surface area contributed by atoms with Gasteiger partial charge in [-0.1, -0.05) is 0 Å². The molecule has 2 aromatic heterocycles. The van der Waals surface area contributed by atoms with Crippen molar-refractivity contribution in [2.75, 3.05) is 5.73 Å². The highest BCUT2D eigenvalue weighted by Gasteiger charge is 2.16. The molecule has 0 aliphatic heterocycles. The van der Waals surface area contributed by atoms with Crippen LogP contribution in [0, 0.1) is 0 Å². The molecule has 0 unspecified atom stereocenters. The van der Waals surface area contributed by atoms with E-state index >= 15 is 0 Å². The van der Waals surface area contributed by atoms with Gasteiger partial charge in [0, 0.05) is 0 Å². The van der Waals surface area contributed by atoms with Crippen LogP contribution in [0.15, 0.2) is 11.0 Å². The SMILES string of the molecule is CC(C)(C)n1cc2nc(N)[nH]c(=O)c2n1. The summed E-state index contributed by atoms with van der Waals surface area (Å²) in [5.41, 5.74) is 5.79. The molecule has 0 aliphatic carbocycles. The van der Waals surface area contributed by atoms with Crippen LogP contribution in [0.25, 0.3) is 11.0 Å². The summed E-state index contributed by atoms with van der Waals surface area (Å²) in [5.74, 6) is 0.112. The molecule has 0 aromatic carbocycles. The summed E-state index contributed by atoms with van der Waals surface area (Å²) >= 11 is 0. The molecule has 2 rings (SSSR count). The van der Waals surface area contributed by atoms with E-state index in [-0.39, 0.29) is 17.0 Å². The predicted molar refractivity (Wildman–Crippen MR) is 57.6 cm³/mol. The maximum atomic E-state index is 11.5. The fourth-order valence-electron chi connectivity index (χ4n) is 1.29. The molecule has 0 amide bonds. The Morgan fingerprint density at radius 1 is 1.47 bits per heavy atom. The first kappa shape index (κ1) is 9.70. The Morgan fingerprint density at radius 3 is 2.73 bits per heavy atom. The number of nitrogens with two attached hydrogens (primary N) is 1. The van der Waals surface area contributed by atoms with Crippen LogP contribution in [0.5, 0.6) is 0 Å². The van der Waals surface area contributed by atoms with E-state index in [0.29, 0.717) is 11.0 Å². The summed E-state index contributed by atoms with van der Waals surface area (Å²) in [5, 5.41) is 4.18. The van der Waals surface area contributed by atoms with Gasteiger partial charge in [-0.2, -0.15) is 5.10 Å². The van der Waals surface area contributed by atoms with Crippen molar-refractivity contribution < 1.29 is 0 Å². The lowest BCUT2D eigenvalue weighted by Crippen LogP contribution is -2.22. The van der Waals surface area contributed by atoms with Crippen LogP contribution in [-0.2, 0) is 5.54 Å². The lowest BCUT2D eigenvalue weighted by atomic mass is 10.1. The highest BCUT2D eigenvalue weighted by atomic mass is 16.1. The second-order valence-electron chi connectivity index (χ2n) is 4.43. The molecule has 3 N–H and O–H groups in total. The fraction of sp³-hybridized carbons (Fsp3) is 0.444. The molecular formula is C9H13N5O. The Bertz CT molecular complexity index is 560. The van der Waals surface area contributed by atoms with Crippen molar-refractivity contribution in [3.05, 3.63) is 16.6 Å². The van der Waals surface area contributed by atoms with E-state index in [2.05, 4.69) is 15.1 Å². The zero-order valence-electron chi connectivity index (χ0n) is 8.90. The van der Waals surface area contributed by atoms with Gasteiger partial charge in [-0.05, 0) is 20.8 Å². The Morgan fingerprint density at radius 2 is 2.13 bits per heavy atom. The number of anilines is 1. The van der Waals surface area contributed by atoms with Gasteiger partial charge in [0.2, 0.25) is 5.95 Å². The van der Waals surface area contributed by atoms with Crippen molar-refractivity contribution in [2.45, 2.75) is 26.3 Å². The van der Waals surface area contributed by atoms with Crippen molar-refractivity contribution in [1.82, 2.24) is 19.7 Å². The van der Waals surface area contributed by atoms with Crippen LogP contribution in [0.1, 0.15) is 20.8 Å². The zero-order chi connectivity index (χ0) is 11.2. The number of nitrogen functional groups attached to an aromatic ring is 1. The molecule has 2 heterocycles. The van der Waals surface area contributed by atoms with Gasteiger partial charge >= 0.3 is 0 Å². The average Bonchev–Trinajstić information content (AvgIpc) is 2.46. The van der Waals surface area contributed by atoms with Crippen LogP contribution in [-0.4, -0.2) is 19.7 Å². The Balaban J connectivity index is 2.77. The van der Waals surface area contributed by atoms with Gasteiger partial charge in [0.15, 0.2) is 5.52 Å². The first-order chi connectivity index (χ1) is 6.88. The minimum Gasteiger partial charge on any atom is -0.369 e. The number of aromatic nitrogens is 4. The van der Waals surface area contributed by atoms with Crippen molar-refractivity contribution in [2.24, 2.45) is 0 Å². The van der Waals surface area contributed by atoms with E-state index in [0.717, 1.165) is 0 Å². The van der Waals surface area contributed by atoms with E-state index in [1.807, 2.05) is 20.8 Å². The molecule has 0 saturated carbocycles. The number of hydrogen-bond acceptors (Lipinski definition) is 4. The van der Waals surface area contributed by atoms with E-state index in [1.165, 1.54) is 0 Å². The van der Waals surface area contributed by atoms with E-state index < -0.39 is 0 Å². The monoisotopic (exact) mass is 207 g/mol. The highest BCUT2D eigenvalue weighted by molar-refractivity contribution is 5.73. The molecule has 0 fully saturated rings. The van der Waals surface area contributed by atoms with Crippen molar-refractivity contribution in [3.63, 3.8) is 0 Å². The molecule has 6 heteroatoms. The third kappa shape index (κ3) is 1.58. The van der Waals surface area contributed by atoms with Crippen LogP contribution in [0.2, 0.25) is 0 Å². The third-order valence-corrected chi connectivity index (χ3v) is 2.08. The Hall–Kier alpha value is -1.85. The third-order valence-electron chi connectivity index (χ3n) is 2.08. The molecule has 0 aliphatic rings. The quantitative estimate of drug-likeness (QED) is 0.656. The topological polar surface area (TPSA) is 89.6 Å². The molecule has 0 bridgehead atoms. The lowest BCUT2D eigenvalue weighted by Gasteiger charge is -2.18. The minimum absolute atomic E-state index is 0.112. The van der Waals surface area contributed by atoms with E-state index in [9.17, 15) is 4.79 Å². The number of nitrogens with one attached hydrogen (secondary N) is 1. The standard InChI is InChI=1S/C9H13N5O/c1-9(2,3)14-4-5-6(13-14)7(15)12-8(10)11-5/h4H,1-3H3,(H3,10,11,12,15). The van der Waals surface area contributed by atoms with Crippen molar-refractivity contribution in [1.29, 1.82) is 0 Å². The number of nitrogens with zero attached hydrogens (tertiary/aromatic N) is 3. The highest BCUT2D eigenvalue weighted by Crippen LogP contribution is 2.15. The number of hydrogen-bond donors (Lipinski definition) is 2. The second kappa shape index (κ2) is 2.82. The zero-order valence-corrected chi connectivity index (χ0v) is 8.90. The van der Waals surface area contributed by atoms with Gasteiger partial charge in [-0.3, -0.25) is 14.5 Å². The van der Waals surface area contributed by atoms with Gasteiger partial charge in [0.1, 0.15) is 5.52 Å². The maximum Gasteiger partial charge on any atom is 0.280 e. The largest absolute Gasteiger partial charge is 0.369 e. The number of H-pyrrole nitrogens is 1. The molecule has 0 spiro atoms. The first-order valence-corrected chi connectivity index (χ1v) is 4.63. The van der Waals surface area contributed by atoms with E-state index in [1.54, 1.807) is 10.9 Å². The van der Waals surface area contributed by atoms with Gasteiger partial charge in [-0.15, -0.1) is 0 Å². The minimum atomic E-state index is -0.305. The molecule has 0 atom stereocenters. The molecule has 0 radical (unpaired) electrons. The maximum absolute atomic E-state index is 11.5. The molecule has 6 nitrogen and oxygen atoms in total. The molecule has 0 saturated heterocycles. The first-order valence-electron chi connectivity index (χ1n) is 4.63. The van der Waals surface area contributed by atoms with E-state index in [4.69, 9.17) is 5.73 Å². The smallest absolute Gasteiger partial charge is 0.280 e. The van der Waals surface area contributed by atoms with Gasteiger partial charge in [0.25, 0.3) is 5.56 Å². The second-order valence-corrected chi connectivity index (χ2v) is 4.43. The van der Waals surface area contributed by atoms with Gasteiger partial charge in [-0.25, -0.2) is 4.98 Å². The number of rotatable bonds is 0. The van der Waals surface area contributed by atoms with Crippen LogP contribution in [0.4, 0.5) is 5.95 Å². The molecule has 80 valence electrons. The molecular weight excluding hydrogens is 194 g/mol. The normalized spacial score (nSPS) is 12.2. The van der Waals surface area contributed by atoms with Gasteiger partial charge in [0.05, 0.1) is 11.7 Å². The number of aromatic amines is 1. The van der Waals surface area contributed by atoms with Crippen LogP contribution < -0.4 is 11.3 Å². The molecule has 2 aromatic rings. The summed E-state index contributed by atoms with van der Waals surface area (Å²) < 4.78 is 1.71. The predicted octanol–water partition coefficient (Wildman–Crippen LogP) is 0.457. The summed E-state index contributed by atoms with van der Waals surface area (Å²) in [6.07, 6.45) is 1.72. The summed E-state index contributed by atoms with van der Waals surface area (Å²) in [4.78, 5) is 17.9. The van der Waals surface area contributed by atoms with Crippen LogP contribution >= 0.6 is 0 Å².